The maximum absolute atomic E-state index is 11.1. The molecule has 10 nitrogen and oxygen atoms in total. The Bertz CT molecular complexity index is 1280. The largest absolute Gasteiger partial charge is 0.490 e. The summed E-state index contributed by atoms with van der Waals surface area (Å²) in [7, 11) is 0. The number of rotatable bonds is 21. The van der Waals surface area contributed by atoms with Gasteiger partial charge in [-0.25, -0.2) is 9.59 Å². The van der Waals surface area contributed by atoms with Gasteiger partial charge >= 0.3 is 11.9 Å². The van der Waals surface area contributed by atoms with Gasteiger partial charge in [-0.3, -0.25) is 0 Å². The van der Waals surface area contributed by atoms with E-state index in [0.717, 1.165) is 28.7 Å². The van der Waals surface area contributed by atoms with Crippen molar-refractivity contribution in [2.75, 3.05) is 66.1 Å². The summed E-state index contributed by atoms with van der Waals surface area (Å²) in [4.78, 5) is 22.3. The molecule has 0 amide bonds. The van der Waals surface area contributed by atoms with Crippen LogP contribution in [0.3, 0.4) is 0 Å². The number of ether oxygens (including phenoxy) is 8. The molecule has 0 N–H and O–H groups in total. The Balaban J connectivity index is 1.63. The van der Waals surface area contributed by atoms with Crippen LogP contribution in [0.2, 0.25) is 0 Å². The number of esters is 2. The van der Waals surface area contributed by atoms with Crippen LogP contribution in [-0.2, 0) is 28.5 Å². The van der Waals surface area contributed by atoms with Crippen molar-refractivity contribution in [2.45, 2.75) is 0 Å². The number of hydrogen-bond acceptors (Lipinski definition) is 10. The highest BCUT2D eigenvalue weighted by atomic mass is 16.6. The number of carbonyl (C=O) groups is 2. The average Bonchev–Trinajstić information content (AvgIpc) is 3.03. The summed E-state index contributed by atoms with van der Waals surface area (Å²) in [5.74, 6) is 1.37. The van der Waals surface area contributed by atoms with Crippen LogP contribution in [0.4, 0.5) is 0 Å². The number of benzene rings is 3. The van der Waals surface area contributed by atoms with Crippen molar-refractivity contribution in [1.29, 1.82) is 0 Å². The molecule has 0 aromatic heterocycles. The van der Waals surface area contributed by atoms with Crippen molar-refractivity contribution < 1.29 is 47.5 Å². The summed E-state index contributed by atoms with van der Waals surface area (Å²) in [6.07, 6.45) is 2.21. The van der Waals surface area contributed by atoms with Crippen molar-refractivity contribution in [3.8, 4) is 23.0 Å². The molecule has 0 unspecified atom stereocenters. The van der Waals surface area contributed by atoms with E-state index in [-0.39, 0.29) is 52.9 Å². The van der Waals surface area contributed by atoms with Gasteiger partial charge in [0.1, 0.15) is 51.1 Å². The third-order valence-corrected chi connectivity index (χ3v) is 5.51. The molecule has 0 saturated carbocycles. The SMILES string of the molecule is C=CC(=O)OCCOCCOc1cc(OCCOc2ccccc2)c(OCCOCCOC(=O)C=C)c2ccccc12. The fraction of sp³-hybridized carbons (Fsp3) is 0.312. The van der Waals surface area contributed by atoms with E-state index < -0.39 is 11.9 Å². The minimum atomic E-state index is -0.498. The molecule has 0 saturated heterocycles. The summed E-state index contributed by atoms with van der Waals surface area (Å²) in [6.45, 7) is 9.09. The molecular weight excluding hydrogens is 544 g/mol. The monoisotopic (exact) mass is 580 g/mol. The molecule has 0 radical (unpaired) electrons. The van der Waals surface area contributed by atoms with Crippen LogP contribution in [0.1, 0.15) is 0 Å². The topological polar surface area (TPSA) is 108 Å². The second kappa shape index (κ2) is 18.7. The predicted molar refractivity (Wildman–Crippen MR) is 156 cm³/mol. The Hall–Kier alpha value is -4.54. The molecule has 3 aromatic carbocycles. The molecule has 0 spiro atoms. The first-order chi connectivity index (χ1) is 20.6. The maximum atomic E-state index is 11.1. The van der Waals surface area contributed by atoms with E-state index in [2.05, 4.69) is 13.2 Å². The minimum Gasteiger partial charge on any atom is -0.490 e. The zero-order valence-electron chi connectivity index (χ0n) is 23.5. The minimum absolute atomic E-state index is 0.124. The van der Waals surface area contributed by atoms with Gasteiger partial charge in [0.2, 0.25) is 0 Å². The highest BCUT2D eigenvalue weighted by Gasteiger charge is 2.16. The van der Waals surface area contributed by atoms with Crippen LogP contribution >= 0.6 is 0 Å². The molecule has 0 atom stereocenters. The van der Waals surface area contributed by atoms with E-state index in [1.165, 1.54) is 0 Å². The molecule has 3 aromatic rings. The van der Waals surface area contributed by atoms with E-state index in [4.69, 9.17) is 37.9 Å². The van der Waals surface area contributed by atoms with Crippen molar-refractivity contribution in [3.63, 3.8) is 0 Å². The highest BCUT2D eigenvalue weighted by molar-refractivity contribution is 5.95. The van der Waals surface area contributed by atoms with Crippen LogP contribution in [0.25, 0.3) is 10.8 Å². The zero-order valence-corrected chi connectivity index (χ0v) is 23.5. The van der Waals surface area contributed by atoms with Gasteiger partial charge in [-0.2, -0.15) is 0 Å². The molecule has 0 aliphatic rings. The van der Waals surface area contributed by atoms with Gasteiger partial charge in [0, 0.05) is 29.0 Å². The summed E-state index contributed by atoms with van der Waals surface area (Å²) in [5.41, 5.74) is 0. The van der Waals surface area contributed by atoms with Crippen molar-refractivity contribution in [1.82, 2.24) is 0 Å². The van der Waals surface area contributed by atoms with Gasteiger partial charge in [0.25, 0.3) is 0 Å². The van der Waals surface area contributed by atoms with E-state index in [9.17, 15) is 9.59 Å². The smallest absolute Gasteiger partial charge is 0.330 e. The summed E-state index contributed by atoms with van der Waals surface area (Å²) in [5, 5.41) is 1.63. The predicted octanol–water partition coefficient (Wildman–Crippen LogP) is 4.55. The normalized spacial score (nSPS) is 10.5. The summed E-state index contributed by atoms with van der Waals surface area (Å²) < 4.78 is 44.9. The van der Waals surface area contributed by atoms with Gasteiger partial charge < -0.3 is 37.9 Å². The lowest BCUT2D eigenvalue weighted by atomic mass is 10.1. The Morgan fingerprint density at radius 2 is 1.05 bits per heavy atom. The van der Waals surface area contributed by atoms with E-state index in [0.29, 0.717) is 30.5 Å². The second-order valence-electron chi connectivity index (χ2n) is 8.42. The molecule has 42 heavy (non-hydrogen) atoms. The van der Waals surface area contributed by atoms with E-state index >= 15 is 0 Å². The quantitative estimate of drug-likeness (QED) is 0.101. The summed E-state index contributed by atoms with van der Waals surface area (Å²) >= 11 is 0. The standard InChI is InChI=1S/C32H36O10/c1-3-30(33)40-19-15-35-14-18-38-28-24-29(39-23-22-37-25-10-6-5-7-11-25)32(27-13-9-8-12-26(27)28)42-21-17-36-16-20-41-31(34)4-2/h3-13,24H,1-2,14-23H2. The highest BCUT2D eigenvalue weighted by Crippen LogP contribution is 2.41. The van der Waals surface area contributed by atoms with Crippen LogP contribution < -0.4 is 18.9 Å². The molecule has 10 heteroatoms. The van der Waals surface area contributed by atoms with Gasteiger partial charge in [0.05, 0.1) is 26.4 Å². The van der Waals surface area contributed by atoms with Crippen molar-refractivity contribution in [2.24, 2.45) is 0 Å². The fourth-order valence-electron chi connectivity index (χ4n) is 3.63. The third-order valence-electron chi connectivity index (χ3n) is 5.51. The van der Waals surface area contributed by atoms with Crippen LogP contribution in [0.5, 0.6) is 23.0 Å². The Kier molecular flexibility index (Phi) is 14.3. The number of hydrogen-bond donors (Lipinski definition) is 0. The van der Waals surface area contributed by atoms with Gasteiger partial charge in [-0.15, -0.1) is 0 Å². The van der Waals surface area contributed by atoms with E-state index in [1.54, 1.807) is 6.07 Å². The first-order valence-corrected chi connectivity index (χ1v) is 13.5. The Morgan fingerprint density at radius 1 is 0.548 bits per heavy atom. The van der Waals surface area contributed by atoms with Crippen LogP contribution in [0.15, 0.2) is 86.0 Å². The van der Waals surface area contributed by atoms with Gasteiger partial charge in [0.15, 0.2) is 11.5 Å². The number of para-hydroxylation sites is 1. The van der Waals surface area contributed by atoms with Crippen molar-refractivity contribution in [3.05, 3.63) is 86.0 Å². The van der Waals surface area contributed by atoms with Crippen LogP contribution in [-0.4, -0.2) is 78.0 Å². The average molecular weight is 581 g/mol. The maximum Gasteiger partial charge on any atom is 0.330 e. The number of fused-ring (bicyclic) bond motifs is 1. The fourth-order valence-corrected chi connectivity index (χ4v) is 3.63. The molecule has 0 heterocycles. The molecule has 0 bridgehead atoms. The Morgan fingerprint density at radius 3 is 1.69 bits per heavy atom. The lowest BCUT2D eigenvalue weighted by Crippen LogP contribution is -2.14. The second-order valence-corrected chi connectivity index (χ2v) is 8.42. The molecule has 3 rings (SSSR count). The van der Waals surface area contributed by atoms with Crippen LogP contribution in [0, 0.1) is 0 Å². The van der Waals surface area contributed by atoms with E-state index in [1.807, 2.05) is 54.6 Å². The summed E-state index contributed by atoms with van der Waals surface area (Å²) in [6, 6.07) is 18.9. The lowest BCUT2D eigenvalue weighted by Gasteiger charge is -2.18. The third kappa shape index (κ3) is 11.1. The molecule has 224 valence electrons. The van der Waals surface area contributed by atoms with Gasteiger partial charge in [-0.05, 0) is 12.1 Å². The lowest BCUT2D eigenvalue weighted by molar-refractivity contribution is -0.140. The molecule has 0 fully saturated rings. The van der Waals surface area contributed by atoms with Gasteiger partial charge in [-0.1, -0.05) is 55.6 Å². The first-order valence-electron chi connectivity index (χ1n) is 13.5. The Labute approximate surface area is 245 Å². The number of carbonyl (C=O) groups excluding carboxylic acids is 2. The zero-order chi connectivity index (χ0) is 29.8. The molecular formula is C32H36O10. The molecule has 0 aliphatic heterocycles. The first kappa shape index (κ1) is 32.0. The van der Waals surface area contributed by atoms with Crippen molar-refractivity contribution >= 4 is 22.7 Å². The molecule has 0 aliphatic carbocycles.